The van der Waals surface area contributed by atoms with E-state index in [1.54, 1.807) is 0 Å². The summed E-state index contributed by atoms with van der Waals surface area (Å²) in [6.45, 7) is 3.07. The van der Waals surface area contributed by atoms with Gasteiger partial charge in [-0.15, -0.1) is 0 Å². The number of hydrogen-bond acceptors (Lipinski definition) is 3. The van der Waals surface area contributed by atoms with E-state index in [1.807, 2.05) is 24.3 Å². The summed E-state index contributed by atoms with van der Waals surface area (Å²) < 4.78 is 5.91. The second-order valence-electron chi connectivity index (χ2n) is 6.61. The molecular weight excluding hydrogens is 264 g/mol. The highest BCUT2D eigenvalue weighted by atomic mass is 16.5. The summed E-state index contributed by atoms with van der Waals surface area (Å²) in [5, 5.41) is 3.03. The van der Waals surface area contributed by atoms with Crippen molar-refractivity contribution in [3.8, 4) is 5.75 Å². The molecule has 2 atom stereocenters. The molecule has 1 aromatic carbocycles. The highest BCUT2D eigenvalue weighted by Crippen LogP contribution is 2.33. The van der Waals surface area contributed by atoms with Gasteiger partial charge in [0.25, 0.3) is 5.91 Å². The van der Waals surface area contributed by atoms with E-state index in [0.717, 1.165) is 25.3 Å². The lowest BCUT2D eigenvalue weighted by Crippen LogP contribution is -2.26. The van der Waals surface area contributed by atoms with Gasteiger partial charge in [0, 0.05) is 19.1 Å². The molecule has 2 aliphatic carbocycles. The van der Waals surface area contributed by atoms with Crippen molar-refractivity contribution >= 4 is 5.91 Å². The lowest BCUT2D eigenvalue weighted by Gasteiger charge is -2.11. The standard InChI is InChI=1S/C17H22N2O2/c20-17(18-13-7-8-13)15-3-1-2-4-16(15)21-11-14-10-19(14)9-12-5-6-12/h1-4,12-14H,5-11H2,(H,18,20). The van der Waals surface area contributed by atoms with Crippen molar-refractivity contribution in [3.63, 3.8) is 0 Å². The van der Waals surface area contributed by atoms with Crippen molar-refractivity contribution in [2.45, 2.75) is 37.8 Å². The summed E-state index contributed by atoms with van der Waals surface area (Å²) in [4.78, 5) is 14.7. The lowest BCUT2D eigenvalue weighted by molar-refractivity contribution is 0.0947. The molecule has 3 aliphatic rings. The van der Waals surface area contributed by atoms with Gasteiger partial charge in [0.15, 0.2) is 0 Å². The monoisotopic (exact) mass is 286 g/mol. The van der Waals surface area contributed by atoms with Gasteiger partial charge < -0.3 is 10.1 Å². The Balaban J connectivity index is 1.32. The van der Waals surface area contributed by atoms with Crippen LogP contribution >= 0.6 is 0 Å². The molecule has 1 N–H and O–H groups in total. The quantitative estimate of drug-likeness (QED) is 0.780. The fourth-order valence-electron chi connectivity index (χ4n) is 2.69. The van der Waals surface area contributed by atoms with Crippen molar-refractivity contribution in [3.05, 3.63) is 29.8 Å². The number of carbonyl (C=O) groups excluding carboxylic acids is 1. The Labute approximate surface area is 125 Å². The molecule has 4 rings (SSSR count). The number of nitrogens with zero attached hydrogens (tertiary/aromatic N) is 1. The van der Waals surface area contributed by atoms with Crippen LogP contribution in [0.2, 0.25) is 0 Å². The molecule has 1 heterocycles. The Morgan fingerprint density at radius 2 is 2.05 bits per heavy atom. The minimum absolute atomic E-state index is 0.00117. The molecule has 1 aromatic rings. The van der Waals surface area contributed by atoms with Crippen molar-refractivity contribution in [2.24, 2.45) is 5.92 Å². The summed E-state index contributed by atoms with van der Waals surface area (Å²) in [5.41, 5.74) is 0.666. The summed E-state index contributed by atoms with van der Waals surface area (Å²) in [6.07, 6.45) is 5.00. The van der Waals surface area contributed by atoms with Crippen LogP contribution in [0.1, 0.15) is 36.0 Å². The predicted molar refractivity (Wildman–Crippen MR) is 80.5 cm³/mol. The van der Waals surface area contributed by atoms with Crippen LogP contribution in [-0.2, 0) is 0 Å². The molecule has 2 unspecified atom stereocenters. The molecule has 1 amide bonds. The second-order valence-corrected chi connectivity index (χ2v) is 6.61. The molecule has 1 aliphatic heterocycles. The van der Waals surface area contributed by atoms with Crippen LogP contribution in [0.25, 0.3) is 0 Å². The van der Waals surface area contributed by atoms with Crippen LogP contribution in [0.5, 0.6) is 5.75 Å². The fraction of sp³-hybridized carbons (Fsp3) is 0.588. The minimum Gasteiger partial charge on any atom is -0.491 e. The lowest BCUT2D eigenvalue weighted by atomic mass is 10.2. The van der Waals surface area contributed by atoms with E-state index in [0.29, 0.717) is 30.0 Å². The van der Waals surface area contributed by atoms with E-state index >= 15 is 0 Å². The zero-order valence-electron chi connectivity index (χ0n) is 12.3. The van der Waals surface area contributed by atoms with Gasteiger partial charge in [0.2, 0.25) is 0 Å². The Hall–Kier alpha value is -1.55. The number of carbonyl (C=O) groups is 1. The molecule has 0 spiro atoms. The molecule has 4 nitrogen and oxygen atoms in total. The molecular formula is C17H22N2O2. The van der Waals surface area contributed by atoms with E-state index in [4.69, 9.17) is 4.74 Å². The zero-order valence-corrected chi connectivity index (χ0v) is 12.3. The molecule has 112 valence electrons. The van der Waals surface area contributed by atoms with E-state index in [9.17, 15) is 4.79 Å². The van der Waals surface area contributed by atoms with Gasteiger partial charge in [0.1, 0.15) is 12.4 Å². The molecule has 1 saturated heterocycles. The molecule has 3 fully saturated rings. The third-order valence-electron chi connectivity index (χ3n) is 4.49. The number of hydrogen-bond donors (Lipinski definition) is 1. The third-order valence-corrected chi connectivity index (χ3v) is 4.49. The van der Waals surface area contributed by atoms with Crippen molar-refractivity contribution in [1.82, 2.24) is 10.2 Å². The van der Waals surface area contributed by atoms with E-state index in [1.165, 1.54) is 19.4 Å². The minimum atomic E-state index is -0.00117. The van der Waals surface area contributed by atoms with Crippen molar-refractivity contribution in [1.29, 1.82) is 0 Å². The summed E-state index contributed by atoms with van der Waals surface area (Å²) >= 11 is 0. The van der Waals surface area contributed by atoms with Gasteiger partial charge in [-0.05, 0) is 43.7 Å². The van der Waals surface area contributed by atoms with Crippen molar-refractivity contribution in [2.75, 3.05) is 19.7 Å². The highest BCUT2D eigenvalue weighted by molar-refractivity contribution is 5.97. The number of amides is 1. The van der Waals surface area contributed by atoms with Gasteiger partial charge in [-0.3, -0.25) is 9.69 Å². The summed E-state index contributed by atoms with van der Waals surface area (Å²) in [5.74, 6) is 1.65. The fourth-order valence-corrected chi connectivity index (χ4v) is 2.69. The first kappa shape index (κ1) is 13.1. The van der Waals surface area contributed by atoms with Crippen LogP contribution in [0.4, 0.5) is 0 Å². The van der Waals surface area contributed by atoms with Gasteiger partial charge in [-0.1, -0.05) is 12.1 Å². The van der Waals surface area contributed by atoms with E-state index in [-0.39, 0.29) is 5.91 Å². The number of ether oxygens (including phenoxy) is 1. The number of rotatable bonds is 7. The number of nitrogens with one attached hydrogen (secondary N) is 1. The molecule has 0 bridgehead atoms. The largest absolute Gasteiger partial charge is 0.491 e. The van der Waals surface area contributed by atoms with Crippen molar-refractivity contribution < 1.29 is 9.53 Å². The average Bonchev–Trinajstić information content (AvgIpc) is 3.30. The topological polar surface area (TPSA) is 41.3 Å². The summed E-state index contributed by atoms with van der Waals surface area (Å²) in [7, 11) is 0. The van der Waals surface area contributed by atoms with Crippen LogP contribution in [-0.4, -0.2) is 42.6 Å². The second kappa shape index (κ2) is 5.34. The van der Waals surface area contributed by atoms with E-state index < -0.39 is 0 Å². The third kappa shape index (κ3) is 3.38. The van der Waals surface area contributed by atoms with E-state index in [2.05, 4.69) is 10.2 Å². The van der Waals surface area contributed by atoms with Gasteiger partial charge >= 0.3 is 0 Å². The Kier molecular flexibility index (Phi) is 3.34. The van der Waals surface area contributed by atoms with Gasteiger partial charge in [0.05, 0.1) is 11.6 Å². The van der Waals surface area contributed by atoms with Gasteiger partial charge in [-0.25, -0.2) is 0 Å². The molecule has 2 saturated carbocycles. The first-order valence-electron chi connectivity index (χ1n) is 8.06. The Morgan fingerprint density at radius 3 is 2.81 bits per heavy atom. The first-order valence-corrected chi connectivity index (χ1v) is 8.06. The van der Waals surface area contributed by atoms with Crippen LogP contribution in [0.3, 0.4) is 0 Å². The molecule has 0 aromatic heterocycles. The average molecular weight is 286 g/mol. The Morgan fingerprint density at radius 1 is 1.24 bits per heavy atom. The smallest absolute Gasteiger partial charge is 0.255 e. The maximum atomic E-state index is 12.2. The zero-order chi connectivity index (χ0) is 14.2. The maximum Gasteiger partial charge on any atom is 0.255 e. The normalized spacial score (nSPS) is 27.2. The highest BCUT2D eigenvalue weighted by Gasteiger charge is 2.38. The summed E-state index contributed by atoms with van der Waals surface area (Å²) in [6, 6.07) is 8.49. The number of para-hydroxylation sites is 1. The predicted octanol–water partition coefficient (Wildman–Crippen LogP) is 2.05. The van der Waals surface area contributed by atoms with Gasteiger partial charge in [-0.2, -0.15) is 0 Å². The number of benzene rings is 1. The first-order chi connectivity index (χ1) is 10.3. The maximum absolute atomic E-state index is 12.2. The molecule has 4 heteroatoms. The SMILES string of the molecule is O=C(NC1CC1)c1ccccc1OCC1CN1CC1CC1. The van der Waals surface area contributed by atoms with Crippen LogP contribution < -0.4 is 10.1 Å². The molecule has 21 heavy (non-hydrogen) atoms. The molecule has 0 radical (unpaired) electrons. The van der Waals surface area contributed by atoms with Crippen LogP contribution in [0.15, 0.2) is 24.3 Å². The Bertz CT molecular complexity index is 537. The van der Waals surface area contributed by atoms with Crippen LogP contribution in [0, 0.1) is 5.92 Å².